The first-order chi connectivity index (χ1) is 7.13. The summed E-state index contributed by atoms with van der Waals surface area (Å²) in [6, 6.07) is 5.67. The first kappa shape index (κ1) is 11.2. The van der Waals surface area contributed by atoms with Gasteiger partial charge in [-0.2, -0.15) is 0 Å². The molecule has 0 aliphatic heterocycles. The molecule has 0 aliphatic rings. The van der Waals surface area contributed by atoms with Crippen molar-refractivity contribution < 1.29 is 9.90 Å². The molecular weight excluding hydrogens is 188 g/mol. The van der Waals surface area contributed by atoms with Gasteiger partial charge in [0.25, 0.3) is 0 Å². The van der Waals surface area contributed by atoms with Gasteiger partial charge in [0.2, 0.25) is 0 Å². The molecule has 1 aromatic carbocycles. The van der Waals surface area contributed by atoms with Gasteiger partial charge in [-0.25, -0.2) is 0 Å². The molecule has 1 rings (SSSR count). The summed E-state index contributed by atoms with van der Waals surface area (Å²) in [5.74, 6) is -0.808. The zero-order valence-corrected chi connectivity index (χ0v) is 8.73. The SMILES string of the molecule is C=C/C=C\c1cc(CC(=O)O)ccc1C. The summed E-state index contributed by atoms with van der Waals surface area (Å²) in [5.41, 5.74) is 2.98. The van der Waals surface area contributed by atoms with Gasteiger partial charge in [-0.15, -0.1) is 0 Å². The Bertz CT molecular complexity index is 403. The molecule has 0 amide bonds. The lowest BCUT2D eigenvalue weighted by atomic mass is 10.0. The van der Waals surface area contributed by atoms with E-state index in [-0.39, 0.29) is 6.42 Å². The van der Waals surface area contributed by atoms with E-state index in [1.165, 1.54) is 0 Å². The fraction of sp³-hybridized carbons (Fsp3) is 0.154. The first-order valence-corrected chi connectivity index (χ1v) is 4.74. The summed E-state index contributed by atoms with van der Waals surface area (Å²) >= 11 is 0. The molecule has 15 heavy (non-hydrogen) atoms. The number of carboxylic acids is 1. The van der Waals surface area contributed by atoms with Gasteiger partial charge in [-0.1, -0.05) is 43.0 Å². The Labute approximate surface area is 89.6 Å². The maximum absolute atomic E-state index is 10.5. The third-order valence-corrected chi connectivity index (χ3v) is 2.11. The van der Waals surface area contributed by atoms with Crippen LogP contribution < -0.4 is 0 Å². The number of rotatable bonds is 4. The summed E-state index contributed by atoms with van der Waals surface area (Å²) in [7, 11) is 0. The highest BCUT2D eigenvalue weighted by Crippen LogP contribution is 2.13. The van der Waals surface area contributed by atoms with Crippen molar-refractivity contribution >= 4 is 12.0 Å². The summed E-state index contributed by atoms with van der Waals surface area (Å²) in [4.78, 5) is 10.5. The lowest BCUT2D eigenvalue weighted by Crippen LogP contribution is -2.00. The average molecular weight is 202 g/mol. The summed E-state index contributed by atoms with van der Waals surface area (Å²) in [6.45, 7) is 5.59. The minimum absolute atomic E-state index is 0.0647. The number of allylic oxidation sites excluding steroid dienone is 2. The van der Waals surface area contributed by atoms with E-state index in [0.717, 1.165) is 16.7 Å². The van der Waals surface area contributed by atoms with E-state index in [1.54, 1.807) is 6.08 Å². The molecule has 0 atom stereocenters. The zero-order chi connectivity index (χ0) is 11.3. The second kappa shape index (κ2) is 5.15. The minimum Gasteiger partial charge on any atom is -0.481 e. The molecular formula is C13H14O2. The van der Waals surface area contributed by atoms with Crippen LogP contribution in [0, 0.1) is 6.92 Å². The number of carboxylic acid groups (broad SMARTS) is 1. The smallest absolute Gasteiger partial charge is 0.307 e. The monoisotopic (exact) mass is 202 g/mol. The first-order valence-electron chi connectivity index (χ1n) is 4.74. The lowest BCUT2D eigenvalue weighted by Gasteiger charge is -2.03. The normalized spacial score (nSPS) is 10.5. The van der Waals surface area contributed by atoms with E-state index in [2.05, 4.69) is 6.58 Å². The van der Waals surface area contributed by atoms with Gasteiger partial charge < -0.3 is 5.11 Å². The second-order valence-corrected chi connectivity index (χ2v) is 3.36. The van der Waals surface area contributed by atoms with Crippen LogP contribution in [0.1, 0.15) is 16.7 Å². The summed E-state index contributed by atoms with van der Waals surface area (Å²) in [5, 5.41) is 8.67. The van der Waals surface area contributed by atoms with Crippen molar-refractivity contribution in [3.63, 3.8) is 0 Å². The Morgan fingerprint density at radius 1 is 1.53 bits per heavy atom. The molecule has 0 radical (unpaired) electrons. The van der Waals surface area contributed by atoms with Crippen LogP contribution in [-0.4, -0.2) is 11.1 Å². The lowest BCUT2D eigenvalue weighted by molar-refractivity contribution is -0.136. The highest BCUT2D eigenvalue weighted by Gasteiger charge is 2.02. The molecule has 1 N–H and O–H groups in total. The third kappa shape index (κ3) is 3.43. The number of hydrogen-bond donors (Lipinski definition) is 1. The summed E-state index contributed by atoms with van der Waals surface area (Å²) < 4.78 is 0. The molecule has 78 valence electrons. The molecule has 0 bridgehead atoms. The van der Waals surface area contributed by atoms with Crippen molar-refractivity contribution in [1.29, 1.82) is 0 Å². The van der Waals surface area contributed by atoms with Crippen LogP contribution in [0.4, 0.5) is 0 Å². The molecule has 0 aliphatic carbocycles. The topological polar surface area (TPSA) is 37.3 Å². The van der Waals surface area contributed by atoms with Gasteiger partial charge in [-0.05, 0) is 23.6 Å². The molecule has 0 aromatic heterocycles. The predicted octanol–water partition coefficient (Wildman–Crippen LogP) is 2.82. The zero-order valence-electron chi connectivity index (χ0n) is 8.73. The highest BCUT2D eigenvalue weighted by atomic mass is 16.4. The largest absolute Gasteiger partial charge is 0.481 e. The molecule has 0 heterocycles. The number of aryl methyl sites for hydroxylation is 1. The fourth-order valence-corrected chi connectivity index (χ4v) is 1.33. The minimum atomic E-state index is -0.808. The molecule has 0 fully saturated rings. The Hall–Kier alpha value is -1.83. The van der Waals surface area contributed by atoms with E-state index in [0.29, 0.717) is 0 Å². The predicted molar refractivity (Wildman–Crippen MR) is 61.7 cm³/mol. The van der Waals surface area contributed by atoms with Crippen LogP contribution >= 0.6 is 0 Å². The maximum Gasteiger partial charge on any atom is 0.307 e. The van der Waals surface area contributed by atoms with Crippen LogP contribution in [0.5, 0.6) is 0 Å². The van der Waals surface area contributed by atoms with E-state index in [9.17, 15) is 4.79 Å². The fourth-order valence-electron chi connectivity index (χ4n) is 1.33. The third-order valence-electron chi connectivity index (χ3n) is 2.11. The molecule has 1 aromatic rings. The van der Waals surface area contributed by atoms with Crippen LogP contribution in [0.15, 0.2) is 36.9 Å². The average Bonchev–Trinajstić information content (AvgIpc) is 2.18. The van der Waals surface area contributed by atoms with E-state index < -0.39 is 5.97 Å². The van der Waals surface area contributed by atoms with E-state index in [4.69, 9.17) is 5.11 Å². The Balaban J connectivity index is 2.99. The Morgan fingerprint density at radius 2 is 2.27 bits per heavy atom. The van der Waals surface area contributed by atoms with Crippen LogP contribution in [0.25, 0.3) is 6.08 Å². The second-order valence-electron chi connectivity index (χ2n) is 3.36. The van der Waals surface area contributed by atoms with Gasteiger partial charge in [0.1, 0.15) is 0 Å². The van der Waals surface area contributed by atoms with Gasteiger partial charge in [0.05, 0.1) is 6.42 Å². The maximum atomic E-state index is 10.5. The molecule has 0 unspecified atom stereocenters. The van der Waals surface area contributed by atoms with Gasteiger partial charge in [0.15, 0.2) is 0 Å². The van der Waals surface area contributed by atoms with Crippen LogP contribution in [-0.2, 0) is 11.2 Å². The molecule has 0 saturated carbocycles. The Morgan fingerprint density at radius 3 is 2.87 bits per heavy atom. The van der Waals surface area contributed by atoms with Gasteiger partial charge in [0, 0.05) is 0 Å². The van der Waals surface area contributed by atoms with Crippen molar-refractivity contribution in [2.24, 2.45) is 0 Å². The quantitative estimate of drug-likeness (QED) is 0.762. The number of benzene rings is 1. The molecule has 0 saturated heterocycles. The molecule has 2 heteroatoms. The standard InChI is InChI=1S/C13H14O2/c1-3-4-5-12-8-11(9-13(14)15)7-6-10(12)2/h3-8H,1,9H2,2H3,(H,14,15)/b5-4-. The van der Waals surface area contributed by atoms with Crippen molar-refractivity contribution in [1.82, 2.24) is 0 Å². The van der Waals surface area contributed by atoms with Crippen molar-refractivity contribution in [2.45, 2.75) is 13.3 Å². The van der Waals surface area contributed by atoms with Crippen LogP contribution in [0.3, 0.4) is 0 Å². The van der Waals surface area contributed by atoms with Crippen molar-refractivity contribution in [3.05, 3.63) is 53.6 Å². The number of carbonyl (C=O) groups is 1. The Kier molecular flexibility index (Phi) is 3.86. The number of hydrogen-bond acceptors (Lipinski definition) is 1. The van der Waals surface area contributed by atoms with Crippen molar-refractivity contribution in [3.8, 4) is 0 Å². The van der Waals surface area contributed by atoms with Crippen molar-refractivity contribution in [2.75, 3.05) is 0 Å². The van der Waals surface area contributed by atoms with E-state index >= 15 is 0 Å². The highest BCUT2D eigenvalue weighted by molar-refractivity contribution is 5.71. The molecule has 0 spiro atoms. The van der Waals surface area contributed by atoms with Gasteiger partial charge in [-0.3, -0.25) is 4.79 Å². The number of aliphatic carboxylic acids is 1. The summed E-state index contributed by atoms with van der Waals surface area (Å²) in [6.07, 6.45) is 5.53. The van der Waals surface area contributed by atoms with Crippen LogP contribution in [0.2, 0.25) is 0 Å². The van der Waals surface area contributed by atoms with Gasteiger partial charge >= 0.3 is 5.97 Å². The molecule has 2 nitrogen and oxygen atoms in total. The van der Waals surface area contributed by atoms with E-state index in [1.807, 2.05) is 37.3 Å².